The normalized spacial score (nSPS) is 11.1. The Hall–Kier alpha value is -2.39. The van der Waals surface area contributed by atoms with E-state index in [0.29, 0.717) is 41.6 Å². The summed E-state index contributed by atoms with van der Waals surface area (Å²) in [5.41, 5.74) is 12.8. The van der Waals surface area contributed by atoms with Gasteiger partial charge in [0.15, 0.2) is 0 Å². The average Bonchev–Trinajstić information content (AvgIpc) is 3.04. The second-order valence-electron chi connectivity index (χ2n) is 4.82. The van der Waals surface area contributed by atoms with Crippen molar-refractivity contribution in [2.75, 3.05) is 24.7 Å². The molecule has 0 atom stereocenters. The number of nitrogens with two attached hydrogens (primary N) is 2. The first-order valence-corrected chi connectivity index (χ1v) is 8.86. The standard InChI is InChI=1S/C15H15N3O4S2/c1-3-21-14(19)10-8(16)6-5-7-9(17)11(15(20)22-4-2)24-13(7)18-12(6)23-10/h5H,3-4,16-17H2,1-2H3. The zero-order valence-corrected chi connectivity index (χ0v) is 14.7. The number of carbonyl (C=O) groups is 2. The van der Waals surface area contributed by atoms with Crippen LogP contribution in [-0.4, -0.2) is 30.1 Å². The minimum Gasteiger partial charge on any atom is -0.462 e. The van der Waals surface area contributed by atoms with Crippen LogP contribution in [0.5, 0.6) is 0 Å². The molecule has 4 N–H and O–H groups in total. The third-order valence-corrected chi connectivity index (χ3v) is 5.53. The van der Waals surface area contributed by atoms with Crippen LogP contribution in [0.25, 0.3) is 20.4 Å². The van der Waals surface area contributed by atoms with Crippen molar-refractivity contribution in [2.24, 2.45) is 0 Å². The Labute approximate surface area is 145 Å². The predicted molar refractivity (Wildman–Crippen MR) is 95.7 cm³/mol. The van der Waals surface area contributed by atoms with Crippen molar-refractivity contribution in [2.45, 2.75) is 13.8 Å². The first-order chi connectivity index (χ1) is 11.5. The fourth-order valence-corrected chi connectivity index (χ4v) is 4.27. The van der Waals surface area contributed by atoms with E-state index in [9.17, 15) is 9.59 Å². The number of hydrogen-bond donors (Lipinski definition) is 2. The number of fused-ring (bicyclic) bond motifs is 2. The molecule has 0 bridgehead atoms. The van der Waals surface area contributed by atoms with E-state index in [1.54, 1.807) is 19.9 Å². The zero-order chi connectivity index (χ0) is 17.4. The van der Waals surface area contributed by atoms with Crippen LogP contribution in [0.3, 0.4) is 0 Å². The summed E-state index contributed by atoms with van der Waals surface area (Å²) in [6.07, 6.45) is 0. The van der Waals surface area contributed by atoms with E-state index < -0.39 is 11.9 Å². The molecule has 3 aromatic rings. The van der Waals surface area contributed by atoms with E-state index in [1.165, 1.54) is 0 Å². The lowest BCUT2D eigenvalue weighted by Crippen LogP contribution is -2.05. The Morgan fingerprint density at radius 3 is 1.75 bits per heavy atom. The van der Waals surface area contributed by atoms with Crippen molar-refractivity contribution in [1.82, 2.24) is 4.98 Å². The van der Waals surface area contributed by atoms with Gasteiger partial charge in [-0.05, 0) is 19.9 Å². The molecule has 24 heavy (non-hydrogen) atoms. The maximum Gasteiger partial charge on any atom is 0.350 e. The minimum atomic E-state index is -0.471. The van der Waals surface area contributed by atoms with Gasteiger partial charge in [0.25, 0.3) is 0 Å². The Kier molecular flexibility index (Phi) is 4.29. The lowest BCUT2D eigenvalue weighted by molar-refractivity contribution is 0.0523. The van der Waals surface area contributed by atoms with Crippen LogP contribution in [0.4, 0.5) is 11.4 Å². The summed E-state index contributed by atoms with van der Waals surface area (Å²) < 4.78 is 10.00. The summed E-state index contributed by atoms with van der Waals surface area (Å²) >= 11 is 2.32. The van der Waals surface area contributed by atoms with Gasteiger partial charge in [-0.15, -0.1) is 22.7 Å². The fraction of sp³-hybridized carbons (Fsp3) is 0.267. The molecule has 0 radical (unpaired) electrons. The van der Waals surface area contributed by atoms with Gasteiger partial charge >= 0.3 is 11.9 Å². The topological polar surface area (TPSA) is 118 Å². The van der Waals surface area contributed by atoms with Crippen LogP contribution in [0.15, 0.2) is 6.07 Å². The summed E-state index contributed by atoms with van der Waals surface area (Å²) in [7, 11) is 0. The molecule has 3 aromatic heterocycles. The summed E-state index contributed by atoms with van der Waals surface area (Å²) in [6, 6.07) is 1.75. The Balaban J connectivity index is 2.16. The third-order valence-electron chi connectivity index (χ3n) is 3.34. The van der Waals surface area contributed by atoms with Crippen molar-refractivity contribution in [3.63, 3.8) is 0 Å². The van der Waals surface area contributed by atoms with Gasteiger partial charge in [0.05, 0.1) is 24.6 Å². The van der Waals surface area contributed by atoms with Crippen LogP contribution in [-0.2, 0) is 9.47 Å². The van der Waals surface area contributed by atoms with Gasteiger partial charge in [-0.1, -0.05) is 0 Å². The number of aromatic nitrogens is 1. The molecule has 0 aromatic carbocycles. The molecule has 9 heteroatoms. The SMILES string of the molecule is CCOC(=O)c1sc2nc3sc(C(=O)OCC)c(N)c3cc2c1N. The highest BCUT2D eigenvalue weighted by molar-refractivity contribution is 7.23. The van der Waals surface area contributed by atoms with Crippen LogP contribution in [0.2, 0.25) is 0 Å². The molecule has 7 nitrogen and oxygen atoms in total. The third kappa shape index (κ3) is 2.55. The van der Waals surface area contributed by atoms with Gasteiger partial charge in [0, 0.05) is 10.8 Å². The molecule has 3 rings (SSSR count). The largest absolute Gasteiger partial charge is 0.462 e. The molecule has 0 saturated carbocycles. The minimum absolute atomic E-state index is 0.269. The van der Waals surface area contributed by atoms with Crippen molar-refractivity contribution < 1.29 is 19.1 Å². The van der Waals surface area contributed by atoms with E-state index in [-0.39, 0.29) is 13.2 Å². The van der Waals surface area contributed by atoms with Crippen molar-refractivity contribution >= 4 is 66.4 Å². The predicted octanol–water partition coefficient (Wildman–Crippen LogP) is 3.03. The average molecular weight is 365 g/mol. The molecule has 0 aliphatic carbocycles. The number of pyridine rings is 1. The molecular formula is C15H15N3O4S2. The van der Waals surface area contributed by atoms with Crippen LogP contribution >= 0.6 is 22.7 Å². The number of esters is 2. The number of thiophene rings is 2. The number of anilines is 2. The van der Waals surface area contributed by atoms with Gasteiger partial charge in [0.1, 0.15) is 19.4 Å². The Morgan fingerprint density at radius 1 is 0.958 bits per heavy atom. The molecular weight excluding hydrogens is 350 g/mol. The molecule has 3 heterocycles. The van der Waals surface area contributed by atoms with Crippen molar-refractivity contribution in [3.05, 3.63) is 15.8 Å². The number of ether oxygens (including phenoxy) is 2. The number of nitrogens with zero attached hydrogens (tertiary/aromatic N) is 1. The monoisotopic (exact) mass is 365 g/mol. The van der Waals surface area contributed by atoms with Crippen LogP contribution < -0.4 is 11.5 Å². The quantitative estimate of drug-likeness (QED) is 0.682. The summed E-state index contributed by atoms with van der Waals surface area (Å²) in [5.74, 6) is -0.942. The van der Waals surface area contributed by atoms with E-state index in [1.807, 2.05) is 0 Å². The first kappa shape index (κ1) is 16.5. The molecule has 0 aliphatic rings. The highest BCUT2D eigenvalue weighted by atomic mass is 32.1. The second-order valence-corrected chi connectivity index (χ2v) is 6.82. The molecule has 0 fully saturated rings. The lowest BCUT2D eigenvalue weighted by atomic mass is 10.2. The Morgan fingerprint density at radius 2 is 1.38 bits per heavy atom. The lowest BCUT2D eigenvalue weighted by Gasteiger charge is -1.99. The van der Waals surface area contributed by atoms with E-state index >= 15 is 0 Å². The molecule has 0 aliphatic heterocycles. The summed E-state index contributed by atoms with van der Waals surface area (Å²) in [5, 5.41) is 1.24. The number of carbonyl (C=O) groups excluding carboxylic acids is 2. The smallest absolute Gasteiger partial charge is 0.350 e. The summed E-state index contributed by atoms with van der Waals surface area (Å²) in [4.78, 5) is 30.2. The number of rotatable bonds is 4. The van der Waals surface area contributed by atoms with E-state index in [0.717, 1.165) is 22.7 Å². The molecule has 126 valence electrons. The van der Waals surface area contributed by atoms with E-state index in [2.05, 4.69) is 4.98 Å². The van der Waals surface area contributed by atoms with Gasteiger partial charge < -0.3 is 20.9 Å². The number of hydrogen-bond acceptors (Lipinski definition) is 9. The van der Waals surface area contributed by atoms with Gasteiger partial charge in [-0.2, -0.15) is 0 Å². The highest BCUT2D eigenvalue weighted by Gasteiger charge is 2.22. The Bertz CT molecular complexity index is 887. The number of nitrogen functional groups attached to an aromatic ring is 2. The van der Waals surface area contributed by atoms with Crippen molar-refractivity contribution in [3.8, 4) is 0 Å². The first-order valence-electron chi connectivity index (χ1n) is 7.23. The van der Waals surface area contributed by atoms with Crippen LogP contribution in [0, 0.1) is 0 Å². The maximum atomic E-state index is 11.9. The molecule has 0 spiro atoms. The molecule has 0 amide bonds. The van der Waals surface area contributed by atoms with Crippen molar-refractivity contribution in [1.29, 1.82) is 0 Å². The fourth-order valence-electron chi connectivity index (χ4n) is 2.27. The van der Waals surface area contributed by atoms with Crippen LogP contribution in [0.1, 0.15) is 33.2 Å². The summed E-state index contributed by atoms with van der Waals surface area (Å²) in [6.45, 7) is 4.00. The van der Waals surface area contributed by atoms with Gasteiger partial charge in [0.2, 0.25) is 0 Å². The van der Waals surface area contributed by atoms with Gasteiger partial charge in [-0.25, -0.2) is 14.6 Å². The van der Waals surface area contributed by atoms with E-state index in [4.69, 9.17) is 20.9 Å². The zero-order valence-electron chi connectivity index (χ0n) is 13.0. The maximum absolute atomic E-state index is 11.9. The molecule has 0 unspecified atom stereocenters. The highest BCUT2D eigenvalue weighted by Crippen LogP contribution is 2.40. The van der Waals surface area contributed by atoms with Gasteiger partial charge in [-0.3, -0.25) is 0 Å². The second kappa shape index (κ2) is 6.25. The molecule has 0 saturated heterocycles.